The van der Waals surface area contributed by atoms with Gasteiger partial charge in [-0.1, -0.05) is 0 Å². The van der Waals surface area contributed by atoms with Crippen molar-refractivity contribution in [3.8, 4) is 0 Å². The highest BCUT2D eigenvalue weighted by atomic mass is 19.4. The molecule has 0 radical (unpaired) electrons. The van der Waals surface area contributed by atoms with Crippen molar-refractivity contribution >= 4 is 12.1 Å². The highest BCUT2D eigenvalue weighted by Gasteiger charge is 2.65. The van der Waals surface area contributed by atoms with Gasteiger partial charge in [-0.25, -0.2) is 0 Å². The van der Waals surface area contributed by atoms with Crippen molar-refractivity contribution in [3.05, 3.63) is 0 Å². The molecule has 0 spiro atoms. The highest BCUT2D eigenvalue weighted by molar-refractivity contribution is 5.86. The van der Waals surface area contributed by atoms with Crippen LogP contribution in [0.1, 0.15) is 44.9 Å². The van der Waals surface area contributed by atoms with Crippen molar-refractivity contribution in [3.63, 3.8) is 0 Å². The summed E-state index contributed by atoms with van der Waals surface area (Å²) in [5, 5.41) is 13.9. The minimum Gasteiger partial charge on any atom is -0.362 e. The van der Waals surface area contributed by atoms with Crippen LogP contribution in [0.5, 0.6) is 0 Å². The number of rotatable bonds is 1. The first-order chi connectivity index (χ1) is 10.2. The zero-order valence-electron chi connectivity index (χ0n) is 12.1. The van der Waals surface area contributed by atoms with Gasteiger partial charge < -0.3 is 5.11 Å². The van der Waals surface area contributed by atoms with Crippen LogP contribution in [0.2, 0.25) is 0 Å². The molecule has 1 atom stereocenters. The molecular formula is C15H19F3N2O2. The molecule has 1 amide bonds. The second-order valence-electron chi connectivity index (χ2n) is 7.63. The molecule has 1 aliphatic heterocycles. The third-order valence-electron chi connectivity index (χ3n) is 6.06. The van der Waals surface area contributed by atoms with Gasteiger partial charge in [0.1, 0.15) is 0 Å². The van der Waals surface area contributed by atoms with E-state index in [2.05, 4.69) is 5.10 Å². The molecule has 0 aromatic heterocycles. The van der Waals surface area contributed by atoms with Gasteiger partial charge in [0.15, 0.2) is 0 Å². The smallest absolute Gasteiger partial charge is 0.362 e. The van der Waals surface area contributed by atoms with Gasteiger partial charge in [-0.2, -0.15) is 23.3 Å². The van der Waals surface area contributed by atoms with E-state index in [1.807, 2.05) is 0 Å². The average molecular weight is 316 g/mol. The van der Waals surface area contributed by atoms with Gasteiger partial charge in [-0.15, -0.1) is 0 Å². The van der Waals surface area contributed by atoms with Gasteiger partial charge in [0.25, 0.3) is 11.6 Å². The van der Waals surface area contributed by atoms with Crippen molar-refractivity contribution < 1.29 is 23.1 Å². The molecule has 122 valence electrons. The maximum absolute atomic E-state index is 13.2. The van der Waals surface area contributed by atoms with Gasteiger partial charge in [0.2, 0.25) is 0 Å². The second kappa shape index (κ2) is 4.24. The molecular weight excluding hydrogens is 297 g/mol. The highest BCUT2D eigenvalue weighted by Crippen LogP contribution is 2.61. The molecule has 0 saturated heterocycles. The minimum absolute atomic E-state index is 0.333. The Morgan fingerprint density at radius 1 is 1.14 bits per heavy atom. The number of aliphatic hydroxyl groups is 1. The molecule has 22 heavy (non-hydrogen) atoms. The van der Waals surface area contributed by atoms with Crippen LogP contribution in [-0.4, -0.2) is 34.1 Å². The predicted molar refractivity (Wildman–Crippen MR) is 71.6 cm³/mol. The maximum atomic E-state index is 13.2. The molecule has 4 saturated carbocycles. The number of carbonyl (C=O) groups is 1. The number of hydrazone groups is 1. The van der Waals surface area contributed by atoms with Gasteiger partial charge in [-0.3, -0.25) is 4.79 Å². The van der Waals surface area contributed by atoms with E-state index in [-0.39, 0.29) is 0 Å². The standard InChI is InChI=1S/C15H19F3N2O2/c16-15(17,18)14(22)1-2-19-20(14)12(21)13-6-9-3-10(7-13)5-11(4-9)8-13/h2,9-11,22H,1,3-8H2/t9?,10?,11?,13?,14-/m1/s1. The van der Waals surface area contributed by atoms with Crippen LogP contribution < -0.4 is 0 Å². The van der Waals surface area contributed by atoms with Crippen molar-refractivity contribution in [1.29, 1.82) is 0 Å². The average Bonchev–Trinajstić information content (AvgIpc) is 2.79. The molecule has 0 aromatic rings. The molecule has 0 aromatic carbocycles. The van der Waals surface area contributed by atoms with E-state index in [1.165, 1.54) is 0 Å². The third kappa shape index (κ3) is 1.80. The first-order valence-corrected chi connectivity index (χ1v) is 7.90. The SMILES string of the molecule is O=C(N1N=CC[C@@]1(O)C(F)(F)F)C12CC3CC(CC(C3)C1)C2. The Bertz CT molecular complexity index is 510. The Hall–Kier alpha value is -1.11. The summed E-state index contributed by atoms with van der Waals surface area (Å²) in [6.45, 7) is 0. The fourth-order valence-electron chi connectivity index (χ4n) is 5.49. The van der Waals surface area contributed by atoms with E-state index in [1.54, 1.807) is 0 Å². The van der Waals surface area contributed by atoms with Crippen molar-refractivity contribution in [2.75, 3.05) is 0 Å². The van der Waals surface area contributed by atoms with Gasteiger partial charge in [0.05, 0.1) is 5.41 Å². The predicted octanol–water partition coefficient (Wildman–Crippen LogP) is 2.67. The van der Waals surface area contributed by atoms with Crippen LogP contribution in [0.15, 0.2) is 5.10 Å². The van der Waals surface area contributed by atoms with E-state index in [0.29, 0.717) is 42.0 Å². The number of hydrogen-bond donors (Lipinski definition) is 1. The summed E-state index contributed by atoms with van der Waals surface area (Å²) in [5.74, 6) is 0.711. The molecule has 5 rings (SSSR count). The number of amides is 1. The summed E-state index contributed by atoms with van der Waals surface area (Å²) < 4.78 is 39.6. The van der Waals surface area contributed by atoms with Crippen LogP contribution in [0.25, 0.3) is 0 Å². The van der Waals surface area contributed by atoms with E-state index >= 15 is 0 Å². The van der Waals surface area contributed by atoms with Crippen molar-refractivity contribution in [1.82, 2.24) is 5.01 Å². The lowest BCUT2D eigenvalue weighted by Crippen LogP contribution is -2.62. The fourth-order valence-corrected chi connectivity index (χ4v) is 5.49. The number of hydrogen-bond acceptors (Lipinski definition) is 3. The quantitative estimate of drug-likeness (QED) is 0.808. The lowest BCUT2D eigenvalue weighted by atomic mass is 9.49. The van der Waals surface area contributed by atoms with Crippen LogP contribution in [-0.2, 0) is 4.79 Å². The Morgan fingerprint density at radius 3 is 2.09 bits per heavy atom. The number of alkyl halides is 3. The number of carbonyl (C=O) groups excluding carboxylic acids is 1. The fraction of sp³-hybridized carbons (Fsp3) is 0.867. The molecule has 4 fully saturated rings. The van der Waals surface area contributed by atoms with Gasteiger partial charge >= 0.3 is 6.18 Å². The first-order valence-electron chi connectivity index (χ1n) is 7.90. The van der Waals surface area contributed by atoms with E-state index < -0.39 is 29.6 Å². The Kier molecular flexibility index (Phi) is 2.79. The lowest BCUT2D eigenvalue weighted by Gasteiger charge is -2.56. The number of halogens is 3. The lowest BCUT2D eigenvalue weighted by molar-refractivity contribution is -0.305. The third-order valence-corrected chi connectivity index (χ3v) is 6.06. The first kappa shape index (κ1) is 14.5. The van der Waals surface area contributed by atoms with E-state index in [9.17, 15) is 23.1 Å². The summed E-state index contributed by atoms with van der Waals surface area (Å²) in [7, 11) is 0. The van der Waals surface area contributed by atoms with E-state index in [4.69, 9.17) is 0 Å². The Morgan fingerprint density at radius 2 is 1.64 bits per heavy atom. The summed E-state index contributed by atoms with van der Waals surface area (Å²) in [5.41, 5.74) is -3.91. The summed E-state index contributed by atoms with van der Waals surface area (Å²) >= 11 is 0. The molecule has 4 bridgehead atoms. The second-order valence-corrected chi connectivity index (χ2v) is 7.63. The van der Waals surface area contributed by atoms with Crippen LogP contribution in [0.3, 0.4) is 0 Å². The van der Waals surface area contributed by atoms with Crippen molar-refractivity contribution in [2.24, 2.45) is 28.3 Å². The van der Waals surface area contributed by atoms with Crippen LogP contribution >= 0.6 is 0 Å². The molecule has 0 unspecified atom stereocenters. The summed E-state index contributed by atoms with van der Waals surface area (Å²) in [6.07, 6.45) is 0.646. The monoisotopic (exact) mass is 316 g/mol. The largest absolute Gasteiger partial charge is 0.438 e. The Balaban J connectivity index is 1.66. The maximum Gasteiger partial charge on any atom is 0.438 e. The summed E-state index contributed by atoms with van der Waals surface area (Å²) in [6, 6.07) is 0. The van der Waals surface area contributed by atoms with Crippen LogP contribution in [0, 0.1) is 23.2 Å². The van der Waals surface area contributed by atoms with Crippen molar-refractivity contribution in [2.45, 2.75) is 56.8 Å². The van der Waals surface area contributed by atoms with Gasteiger partial charge in [0, 0.05) is 12.6 Å². The molecule has 1 heterocycles. The molecule has 5 aliphatic rings. The molecule has 7 heteroatoms. The normalized spacial score (nSPS) is 46.5. The zero-order valence-corrected chi connectivity index (χ0v) is 12.1. The van der Waals surface area contributed by atoms with Gasteiger partial charge in [-0.05, 0) is 56.3 Å². The molecule has 1 N–H and O–H groups in total. The number of nitrogens with zero attached hydrogens (tertiary/aromatic N) is 2. The summed E-state index contributed by atoms with van der Waals surface area (Å²) in [4.78, 5) is 12.9. The molecule has 4 aliphatic carbocycles. The van der Waals surface area contributed by atoms with Crippen LogP contribution in [0.4, 0.5) is 13.2 Å². The zero-order chi connectivity index (χ0) is 15.8. The van der Waals surface area contributed by atoms with E-state index in [0.717, 1.165) is 25.5 Å². The minimum atomic E-state index is -4.90. The molecule has 4 nitrogen and oxygen atoms in total. The topological polar surface area (TPSA) is 52.9 Å². The Labute approximate surface area is 126 Å².